The predicted octanol–water partition coefficient (Wildman–Crippen LogP) is 1.04. The van der Waals surface area contributed by atoms with E-state index in [0.717, 1.165) is 13.1 Å². The minimum absolute atomic E-state index is 0. The van der Waals surface area contributed by atoms with Crippen LogP contribution >= 0.6 is 12.4 Å². The van der Waals surface area contributed by atoms with Crippen molar-refractivity contribution in [3.05, 3.63) is 46.0 Å². The molecule has 0 unspecified atom stereocenters. The number of pyridine rings is 1. The van der Waals surface area contributed by atoms with Crippen LogP contribution in [0.5, 0.6) is 0 Å². The van der Waals surface area contributed by atoms with Gasteiger partial charge in [0.15, 0.2) is 0 Å². The molecule has 2 aromatic rings. The summed E-state index contributed by atoms with van der Waals surface area (Å²) in [5.41, 5.74) is 0.282. The van der Waals surface area contributed by atoms with Gasteiger partial charge in [-0.1, -0.05) is 0 Å². The number of benzene rings is 1. The SMILES string of the molecule is Cl.O=C(NCC1CNC1)c1cc(=O)[nH]c2ccc(F)cc12. The number of fused-ring (bicyclic) bond motifs is 1. The van der Waals surface area contributed by atoms with Gasteiger partial charge in [0.1, 0.15) is 5.82 Å². The van der Waals surface area contributed by atoms with E-state index >= 15 is 0 Å². The quantitative estimate of drug-likeness (QED) is 0.793. The van der Waals surface area contributed by atoms with E-state index in [1.165, 1.54) is 24.3 Å². The first kappa shape index (κ1) is 15.5. The number of nitrogens with one attached hydrogen (secondary N) is 3. The van der Waals surface area contributed by atoms with E-state index in [0.29, 0.717) is 23.4 Å². The Morgan fingerprint density at radius 2 is 2.10 bits per heavy atom. The number of H-pyrrole nitrogens is 1. The highest BCUT2D eigenvalue weighted by atomic mass is 35.5. The highest BCUT2D eigenvalue weighted by Crippen LogP contribution is 2.16. The zero-order chi connectivity index (χ0) is 14.1. The van der Waals surface area contributed by atoms with E-state index < -0.39 is 5.82 Å². The molecule has 1 aliphatic rings. The molecule has 3 N–H and O–H groups in total. The van der Waals surface area contributed by atoms with E-state index in [9.17, 15) is 14.0 Å². The first-order valence-corrected chi connectivity index (χ1v) is 6.45. The lowest BCUT2D eigenvalue weighted by atomic mass is 10.0. The maximum atomic E-state index is 13.3. The molecule has 2 heterocycles. The fourth-order valence-electron chi connectivity index (χ4n) is 2.24. The molecule has 1 amide bonds. The van der Waals surface area contributed by atoms with Crippen molar-refractivity contribution in [3.63, 3.8) is 0 Å². The number of amides is 1. The normalized spacial score (nSPS) is 14.3. The van der Waals surface area contributed by atoms with Crippen molar-refractivity contribution in [1.29, 1.82) is 0 Å². The van der Waals surface area contributed by atoms with Crippen molar-refractivity contribution in [3.8, 4) is 0 Å². The predicted molar refractivity (Wildman–Crippen MR) is 80.5 cm³/mol. The summed E-state index contributed by atoms with van der Waals surface area (Å²) < 4.78 is 13.3. The number of aromatic nitrogens is 1. The van der Waals surface area contributed by atoms with Crippen LogP contribution in [0.4, 0.5) is 4.39 Å². The summed E-state index contributed by atoms with van der Waals surface area (Å²) in [6.45, 7) is 2.31. The summed E-state index contributed by atoms with van der Waals surface area (Å²) >= 11 is 0. The smallest absolute Gasteiger partial charge is 0.252 e. The number of halogens is 2. The van der Waals surface area contributed by atoms with Crippen molar-refractivity contribution in [1.82, 2.24) is 15.6 Å². The van der Waals surface area contributed by atoms with E-state index in [1.54, 1.807) is 0 Å². The third kappa shape index (κ3) is 3.22. The summed E-state index contributed by atoms with van der Waals surface area (Å²) in [5.74, 6) is -0.371. The lowest BCUT2D eigenvalue weighted by Gasteiger charge is -2.27. The summed E-state index contributed by atoms with van der Waals surface area (Å²) in [6.07, 6.45) is 0. The third-order valence-corrected chi connectivity index (χ3v) is 3.47. The van der Waals surface area contributed by atoms with Crippen molar-refractivity contribution < 1.29 is 9.18 Å². The highest BCUT2D eigenvalue weighted by molar-refractivity contribution is 6.05. The van der Waals surface area contributed by atoms with Crippen LogP contribution in [-0.2, 0) is 0 Å². The monoisotopic (exact) mass is 311 g/mol. The Balaban J connectivity index is 0.00000161. The van der Waals surface area contributed by atoms with Gasteiger partial charge in [0.25, 0.3) is 5.91 Å². The number of rotatable bonds is 3. The molecule has 1 aromatic heterocycles. The summed E-state index contributed by atoms with van der Waals surface area (Å²) in [4.78, 5) is 26.3. The van der Waals surface area contributed by atoms with Gasteiger partial charge in [-0.05, 0) is 18.2 Å². The molecule has 0 saturated carbocycles. The van der Waals surface area contributed by atoms with Crippen LogP contribution in [0.1, 0.15) is 10.4 Å². The number of hydrogen-bond acceptors (Lipinski definition) is 3. The van der Waals surface area contributed by atoms with Gasteiger partial charge in [-0.3, -0.25) is 9.59 Å². The second-order valence-electron chi connectivity index (χ2n) is 4.97. The van der Waals surface area contributed by atoms with Crippen molar-refractivity contribution in [2.75, 3.05) is 19.6 Å². The molecular weight excluding hydrogens is 297 g/mol. The van der Waals surface area contributed by atoms with Crippen LogP contribution in [0.2, 0.25) is 0 Å². The van der Waals surface area contributed by atoms with E-state index in [2.05, 4.69) is 15.6 Å². The van der Waals surface area contributed by atoms with Gasteiger partial charge in [-0.25, -0.2) is 4.39 Å². The van der Waals surface area contributed by atoms with Crippen LogP contribution in [0.3, 0.4) is 0 Å². The van der Waals surface area contributed by atoms with Gasteiger partial charge in [0, 0.05) is 42.5 Å². The molecule has 0 radical (unpaired) electrons. The molecular formula is C14H15ClFN3O2. The second-order valence-corrected chi connectivity index (χ2v) is 4.97. The number of carbonyl (C=O) groups is 1. The zero-order valence-electron chi connectivity index (χ0n) is 11.1. The van der Waals surface area contributed by atoms with Gasteiger partial charge in [-0.2, -0.15) is 0 Å². The maximum absolute atomic E-state index is 13.3. The Bertz CT molecular complexity index is 728. The van der Waals surface area contributed by atoms with Gasteiger partial charge >= 0.3 is 0 Å². The topological polar surface area (TPSA) is 74.0 Å². The molecule has 21 heavy (non-hydrogen) atoms. The second kappa shape index (κ2) is 6.24. The first-order valence-electron chi connectivity index (χ1n) is 6.45. The van der Waals surface area contributed by atoms with Gasteiger partial charge < -0.3 is 15.6 Å². The Labute approximate surface area is 126 Å². The molecule has 1 aromatic carbocycles. The summed E-state index contributed by atoms with van der Waals surface area (Å²) in [7, 11) is 0. The Morgan fingerprint density at radius 1 is 1.33 bits per heavy atom. The van der Waals surface area contributed by atoms with Crippen LogP contribution in [-0.4, -0.2) is 30.5 Å². The molecule has 0 aliphatic carbocycles. The molecule has 1 aliphatic heterocycles. The average Bonchev–Trinajstić information content (AvgIpc) is 2.36. The van der Waals surface area contributed by atoms with Crippen molar-refractivity contribution in [2.45, 2.75) is 0 Å². The molecule has 0 spiro atoms. The zero-order valence-corrected chi connectivity index (χ0v) is 11.9. The third-order valence-electron chi connectivity index (χ3n) is 3.47. The number of aromatic amines is 1. The lowest BCUT2D eigenvalue weighted by molar-refractivity contribution is 0.0943. The maximum Gasteiger partial charge on any atom is 0.252 e. The summed E-state index contributed by atoms with van der Waals surface area (Å²) in [5, 5.41) is 6.31. The average molecular weight is 312 g/mol. The molecule has 1 fully saturated rings. The highest BCUT2D eigenvalue weighted by Gasteiger charge is 2.19. The van der Waals surface area contributed by atoms with Crippen molar-refractivity contribution >= 4 is 29.2 Å². The van der Waals surface area contributed by atoms with E-state index in [1.807, 2.05) is 0 Å². The Morgan fingerprint density at radius 3 is 2.76 bits per heavy atom. The fourth-order valence-corrected chi connectivity index (χ4v) is 2.24. The van der Waals surface area contributed by atoms with Crippen molar-refractivity contribution in [2.24, 2.45) is 5.92 Å². The first-order chi connectivity index (χ1) is 9.63. The van der Waals surface area contributed by atoms with Crippen LogP contribution in [0, 0.1) is 11.7 Å². The molecule has 5 nitrogen and oxygen atoms in total. The van der Waals surface area contributed by atoms with Gasteiger partial charge in [0.2, 0.25) is 5.56 Å². The standard InChI is InChI=1S/C14H14FN3O2.ClH/c15-9-1-2-12-10(3-9)11(4-13(19)18-12)14(20)17-7-8-5-16-6-8;/h1-4,8,16H,5-7H2,(H,17,20)(H,18,19);1H. The van der Waals surface area contributed by atoms with Crippen LogP contribution in [0.15, 0.2) is 29.1 Å². The largest absolute Gasteiger partial charge is 0.352 e. The molecule has 0 atom stereocenters. The van der Waals surface area contributed by atoms with Gasteiger partial charge in [-0.15, -0.1) is 12.4 Å². The molecule has 3 rings (SSSR count). The van der Waals surface area contributed by atoms with E-state index in [-0.39, 0.29) is 29.4 Å². The Kier molecular flexibility index (Phi) is 4.59. The molecule has 7 heteroatoms. The molecule has 0 bridgehead atoms. The number of hydrogen-bond donors (Lipinski definition) is 3. The minimum atomic E-state index is -0.443. The van der Waals surface area contributed by atoms with Crippen LogP contribution in [0.25, 0.3) is 10.9 Å². The van der Waals surface area contributed by atoms with Crippen LogP contribution < -0.4 is 16.2 Å². The number of carbonyl (C=O) groups excluding carboxylic acids is 1. The fraction of sp³-hybridized carbons (Fsp3) is 0.286. The van der Waals surface area contributed by atoms with E-state index in [4.69, 9.17) is 0 Å². The molecule has 112 valence electrons. The van der Waals surface area contributed by atoms with Gasteiger partial charge in [0.05, 0.1) is 5.56 Å². The lowest BCUT2D eigenvalue weighted by Crippen LogP contribution is -2.48. The minimum Gasteiger partial charge on any atom is -0.352 e. The Hall–Kier alpha value is -1.92. The molecule has 1 saturated heterocycles. The summed E-state index contributed by atoms with van der Waals surface area (Å²) in [6, 6.07) is 5.17.